The maximum atomic E-state index is 6.44. The van der Waals surface area contributed by atoms with Gasteiger partial charge in [0.1, 0.15) is 11.6 Å². The Balaban J connectivity index is 0.00000294. The first-order valence-corrected chi connectivity index (χ1v) is 12.8. The lowest BCUT2D eigenvalue weighted by molar-refractivity contribution is -0.00450. The van der Waals surface area contributed by atoms with Gasteiger partial charge in [0.05, 0.1) is 29.0 Å². The van der Waals surface area contributed by atoms with E-state index in [4.69, 9.17) is 9.72 Å². The highest BCUT2D eigenvalue weighted by Gasteiger charge is 2.27. The summed E-state index contributed by atoms with van der Waals surface area (Å²) < 4.78 is 6.44. The number of nitrogens with one attached hydrogen (secondary N) is 2. The smallest absolute Gasteiger partial charge is 0.153 e. The summed E-state index contributed by atoms with van der Waals surface area (Å²) in [6.07, 6.45) is 5.40. The third-order valence-electron chi connectivity index (χ3n) is 6.71. The lowest BCUT2D eigenvalue weighted by Crippen LogP contribution is -2.41. The second-order valence-corrected chi connectivity index (χ2v) is 9.41. The number of rotatable bonds is 9. The molecule has 7 nitrogen and oxygen atoms in total. The second kappa shape index (κ2) is 12.3. The number of benzene rings is 2. The second-order valence-electron chi connectivity index (χ2n) is 9.41. The zero-order chi connectivity index (χ0) is 24.9. The fourth-order valence-electron chi connectivity index (χ4n) is 4.81. The number of ether oxygens (including phenoxy) is 1. The van der Waals surface area contributed by atoms with Gasteiger partial charge in [0.15, 0.2) is 6.23 Å². The summed E-state index contributed by atoms with van der Waals surface area (Å²) in [5.41, 5.74) is 6.61. The number of nitrogens with zero attached hydrogens (tertiary/aromatic N) is 4. The van der Waals surface area contributed by atoms with E-state index in [9.17, 15) is 0 Å². The maximum Gasteiger partial charge on any atom is 0.153 e. The number of hydrogen-bond acceptors (Lipinski definition) is 6. The van der Waals surface area contributed by atoms with Crippen molar-refractivity contribution < 1.29 is 4.74 Å². The van der Waals surface area contributed by atoms with Gasteiger partial charge in [0.25, 0.3) is 0 Å². The molecule has 6 rings (SSSR count). The van der Waals surface area contributed by atoms with E-state index >= 15 is 0 Å². The van der Waals surface area contributed by atoms with Crippen molar-refractivity contribution >= 4 is 28.0 Å². The van der Waals surface area contributed by atoms with E-state index in [0.29, 0.717) is 6.54 Å². The van der Waals surface area contributed by atoms with E-state index in [2.05, 4.69) is 55.5 Å². The fourth-order valence-corrected chi connectivity index (χ4v) is 4.81. The molecule has 1 unspecified atom stereocenters. The van der Waals surface area contributed by atoms with Crippen molar-refractivity contribution in [2.45, 2.75) is 45.2 Å². The molecule has 0 fully saturated rings. The first kappa shape index (κ1) is 26.0. The molecular weight excluding hydrogens is 540 g/mol. The molecule has 3 aromatic heterocycles. The third kappa shape index (κ3) is 6.27. The van der Waals surface area contributed by atoms with Crippen LogP contribution in [0.5, 0.6) is 5.75 Å². The number of hydrogen-bond donors (Lipinski definition) is 2. The van der Waals surface area contributed by atoms with Crippen LogP contribution in [-0.4, -0.2) is 31.1 Å². The van der Waals surface area contributed by atoms with Crippen molar-refractivity contribution in [2.24, 2.45) is 0 Å². The van der Waals surface area contributed by atoms with Gasteiger partial charge in [-0.2, -0.15) is 0 Å². The van der Waals surface area contributed by atoms with E-state index in [-0.39, 0.29) is 23.2 Å². The topological polar surface area (TPSA) is 79.0 Å². The molecule has 0 radical (unpaired) electrons. The molecule has 2 aromatic carbocycles. The predicted molar refractivity (Wildman–Crippen MR) is 154 cm³/mol. The number of para-hydroxylation sites is 2. The van der Waals surface area contributed by atoms with Crippen molar-refractivity contribution in [2.75, 3.05) is 0 Å². The van der Waals surface area contributed by atoms with Crippen molar-refractivity contribution in [3.05, 3.63) is 120 Å². The Morgan fingerprint density at radius 1 is 0.842 bits per heavy atom. The van der Waals surface area contributed by atoms with Gasteiger partial charge in [-0.1, -0.05) is 42.5 Å². The van der Waals surface area contributed by atoms with Crippen LogP contribution in [0.25, 0.3) is 11.0 Å². The molecule has 194 valence electrons. The van der Waals surface area contributed by atoms with Crippen LogP contribution in [0.1, 0.15) is 34.8 Å². The Morgan fingerprint density at radius 3 is 2.50 bits per heavy atom. The molecule has 0 saturated heterocycles. The summed E-state index contributed by atoms with van der Waals surface area (Å²) in [6.45, 7) is 2.99. The van der Waals surface area contributed by atoms with E-state index < -0.39 is 0 Å². The standard InChI is InChI=1S/C30H30N6O.BrH/c1-2-8-26-25(7-1)34-29(35-26)21-36(30-15-14-27-28(37-30)9-5-17-33-27)20-23-12-10-22(11-13-23)18-31-19-24-6-3-4-16-32-24;/h1-13,16-17,30-31H,14-15,18-21H2,(H,34,35);1H. The van der Waals surface area contributed by atoms with Gasteiger partial charge in [0, 0.05) is 38.4 Å². The van der Waals surface area contributed by atoms with E-state index in [1.807, 2.05) is 60.9 Å². The molecule has 4 heterocycles. The Kier molecular flexibility index (Phi) is 8.43. The molecule has 0 spiro atoms. The van der Waals surface area contributed by atoms with Crippen LogP contribution in [0, 0.1) is 0 Å². The van der Waals surface area contributed by atoms with Gasteiger partial charge < -0.3 is 15.0 Å². The molecule has 0 saturated carbocycles. The summed E-state index contributed by atoms with van der Waals surface area (Å²) >= 11 is 0. The van der Waals surface area contributed by atoms with Gasteiger partial charge in [-0.05, 0) is 53.9 Å². The van der Waals surface area contributed by atoms with Crippen molar-refractivity contribution in [1.82, 2.24) is 30.2 Å². The Morgan fingerprint density at radius 2 is 1.66 bits per heavy atom. The molecule has 1 atom stereocenters. The first-order chi connectivity index (χ1) is 18.3. The quantitative estimate of drug-likeness (QED) is 0.241. The van der Waals surface area contributed by atoms with Gasteiger partial charge in [-0.25, -0.2) is 4.98 Å². The van der Waals surface area contributed by atoms with Gasteiger partial charge in [-0.3, -0.25) is 14.9 Å². The highest BCUT2D eigenvalue weighted by atomic mass is 79.9. The van der Waals surface area contributed by atoms with Crippen molar-refractivity contribution in [3.8, 4) is 5.75 Å². The van der Waals surface area contributed by atoms with E-state index in [1.165, 1.54) is 11.1 Å². The van der Waals surface area contributed by atoms with E-state index in [0.717, 1.165) is 66.5 Å². The number of fused-ring (bicyclic) bond motifs is 2. The lowest BCUT2D eigenvalue weighted by Gasteiger charge is -2.34. The highest BCUT2D eigenvalue weighted by Crippen LogP contribution is 2.28. The normalized spacial score (nSPS) is 14.6. The number of H-pyrrole nitrogens is 1. The zero-order valence-corrected chi connectivity index (χ0v) is 22.8. The van der Waals surface area contributed by atoms with Crippen molar-refractivity contribution in [1.29, 1.82) is 0 Å². The molecule has 38 heavy (non-hydrogen) atoms. The minimum absolute atomic E-state index is 0. The Bertz CT molecular complexity index is 1420. The molecule has 2 N–H and O–H groups in total. The maximum absolute atomic E-state index is 6.44. The number of imidazole rings is 1. The van der Waals surface area contributed by atoms with Gasteiger partial charge in [0.2, 0.25) is 0 Å². The molecule has 1 aliphatic heterocycles. The highest BCUT2D eigenvalue weighted by molar-refractivity contribution is 8.93. The van der Waals surface area contributed by atoms with Crippen LogP contribution in [0.15, 0.2) is 91.3 Å². The van der Waals surface area contributed by atoms with Gasteiger partial charge in [-0.15, -0.1) is 17.0 Å². The van der Waals surface area contributed by atoms with Crippen LogP contribution in [-0.2, 0) is 32.6 Å². The van der Waals surface area contributed by atoms with Crippen LogP contribution in [0.2, 0.25) is 0 Å². The molecule has 0 amide bonds. The summed E-state index contributed by atoms with van der Waals surface area (Å²) in [4.78, 5) is 19.5. The summed E-state index contributed by atoms with van der Waals surface area (Å²) in [7, 11) is 0. The average Bonchev–Trinajstić information content (AvgIpc) is 3.36. The van der Waals surface area contributed by atoms with Gasteiger partial charge >= 0.3 is 0 Å². The fraction of sp³-hybridized carbons (Fsp3) is 0.233. The number of aromatic amines is 1. The molecular formula is C30H31BrN6O. The Labute approximate surface area is 233 Å². The van der Waals surface area contributed by atoms with E-state index in [1.54, 1.807) is 0 Å². The minimum Gasteiger partial charge on any atom is -0.473 e. The zero-order valence-electron chi connectivity index (χ0n) is 21.1. The molecule has 1 aliphatic rings. The van der Waals surface area contributed by atoms with Crippen LogP contribution >= 0.6 is 17.0 Å². The van der Waals surface area contributed by atoms with Crippen molar-refractivity contribution in [3.63, 3.8) is 0 Å². The largest absolute Gasteiger partial charge is 0.473 e. The predicted octanol–water partition coefficient (Wildman–Crippen LogP) is 5.57. The van der Waals surface area contributed by atoms with Crippen LogP contribution in [0.4, 0.5) is 0 Å². The summed E-state index contributed by atoms with van der Waals surface area (Å²) in [5.74, 6) is 1.82. The average molecular weight is 572 g/mol. The SMILES string of the molecule is Br.c1ccc(CNCc2ccc(CN(Cc3nc4ccccc4[nH]3)C3CCc4ncccc4O3)cc2)nc1. The van der Waals surface area contributed by atoms with Crippen LogP contribution < -0.4 is 10.1 Å². The van der Waals surface area contributed by atoms with Crippen LogP contribution in [0.3, 0.4) is 0 Å². The lowest BCUT2D eigenvalue weighted by atomic mass is 10.1. The summed E-state index contributed by atoms with van der Waals surface area (Å²) in [5, 5.41) is 3.47. The third-order valence-corrected chi connectivity index (χ3v) is 6.71. The number of halogens is 1. The molecule has 0 aliphatic carbocycles. The molecule has 5 aromatic rings. The molecule has 0 bridgehead atoms. The number of aromatic nitrogens is 4. The minimum atomic E-state index is -0.0513. The first-order valence-electron chi connectivity index (χ1n) is 12.8. The number of pyridine rings is 2. The number of aryl methyl sites for hydroxylation is 1. The summed E-state index contributed by atoms with van der Waals surface area (Å²) in [6, 6.07) is 26.9. The Hall–Kier alpha value is -3.59. The monoisotopic (exact) mass is 570 g/mol. The molecule has 8 heteroatoms.